The van der Waals surface area contributed by atoms with Gasteiger partial charge in [0.25, 0.3) is 5.91 Å². The summed E-state index contributed by atoms with van der Waals surface area (Å²) in [6, 6.07) is 6.17. The number of ether oxygens (including phenoxy) is 1. The number of carbonyl (C=O) groups excluding carboxylic acids is 1. The molecule has 0 aromatic heterocycles. The smallest absolute Gasteiger partial charge is 0.258 e. The third-order valence-corrected chi connectivity index (χ3v) is 4.25. The van der Waals surface area contributed by atoms with Crippen molar-refractivity contribution in [3.8, 4) is 5.75 Å². The van der Waals surface area contributed by atoms with E-state index in [0.717, 1.165) is 24.2 Å². The molecule has 22 heavy (non-hydrogen) atoms. The van der Waals surface area contributed by atoms with Crippen molar-refractivity contribution in [1.82, 2.24) is 5.32 Å². The Morgan fingerprint density at radius 2 is 2.05 bits per heavy atom. The minimum Gasteiger partial charge on any atom is -0.484 e. The van der Waals surface area contributed by atoms with Gasteiger partial charge in [0.2, 0.25) is 0 Å². The van der Waals surface area contributed by atoms with E-state index < -0.39 is 0 Å². The van der Waals surface area contributed by atoms with Gasteiger partial charge in [0.15, 0.2) is 6.61 Å². The molecule has 5 heteroatoms. The lowest BCUT2D eigenvalue weighted by Gasteiger charge is -2.31. The quantitative estimate of drug-likeness (QED) is 0.874. The zero-order chi connectivity index (χ0) is 15.2. The van der Waals surface area contributed by atoms with Gasteiger partial charge in [-0.05, 0) is 50.8 Å². The van der Waals surface area contributed by atoms with Crippen LogP contribution in [0.4, 0.5) is 0 Å². The number of nitrogens with one attached hydrogen (secondary N) is 1. The van der Waals surface area contributed by atoms with Crippen LogP contribution >= 0.6 is 12.4 Å². The third-order valence-electron chi connectivity index (χ3n) is 4.25. The van der Waals surface area contributed by atoms with Gasteiger partial charge in [-0.15, -0.1) is 12.4 Å². The average molecular weight is 327 g/mol. The van der Waals surface area contributed by atoms with Crippen LogP contribution in [0, 0.1) is 19.8 Å². The standard InChI is InChI=1S/C17H26N2O2.ClH/c1-12-7-8-16(13(2)9-12)21-11-17(20)19-15-6-4-3-5-14(15)10-18;/h7-9,14-15H,3-6,10-11,18H2,1-2H3,(H,19,20);1H. The van der Waals surface area contributed by atoms with E-state index in [4.69, 9.17) is 10.5 Å². The molecule has 0 saturated heterocycles. The minimum absolute atomic E-state index is 0. The Hall–Kier alpha value is -1.26. The molecule has 2 unspecified atom stereocenters. The lowest BCUT2D eigenvalue weighted by Crippen LogP contribution is -2.46. The van der Waals surface area contributed by atoms with Gasteiger partial charge in [0, 0.05) is 6.04 Å². The highest BCUT2D eigenvalue weighted by molar-refractivity contribution is 5.85. The minimum atomic E-state index is -0.0553. The number of hydrogen-bond donors (Lipinski definition) is 2. The van der Waals surface area contributed by atoms with Gasteiger partial charge < -0.3 is 15.8 Å². The highest BCUT2D eigenvalue weighted by atomic mass is 35.5. The molecule has 1 aliphatic carbocycles. The first-order valence-corrected chi connectivity index (χ1v) is 7.79. The molecule has 1 aliphatic rings. The Bertz CT molecular complexity index is 494. The van der Waals surface area contributed by atoms with Crippen molar-refractivity contribution in [2.75, 3.05) is 13.2 Å². The molecule has 3 N–H and O–H groups in total. The van der Waals surface area contributed by atoms with E-state index in [9.17, 15) is 4.79 Å². The van der Waals surface area contributed by atoms with Gasteiger partial charge in [0.1, 0.15) is 5.75 Å². The van der Waals surface area contributed by atoms with Gasteiger partial charge in [-0.1, -0.05) is 30.5 Å². The normalized spacial score (nSPS) is 20.9. The zero-order valence-electron chi connectivity index (χ0n) is 13.4. The fourth-order valence-corrected chi connectivity index (χ4v) is 3.03. The third kappa shape index (κ3) is 5.18. The second-order valence-electron chi connectivity index (χ2n) is 6.01. The molecule has 1 aromatic rings. The van der Waals surface area contributed by atoms with Crippen LogP contribution < -0.4 is 15.8 Å². The molecule has 0 aliphatic heterocycles. The molecule has 0 radical (unpaired) electrons. The van der Waals surface area contributed by atoms with Gasteiger partial charge in [-0.3, -0.25) is 4.79 Å². The predicted octanol–water partition coefficient (Wildman–Crippen LogP) is 2.74. The fourth-order valence-electron chi connectivity index (χ4n) is 3.03. The highest BCUT2D eigenvalue weighted by Crippen LogP contribution is 2.23. The number of amides is 1. The molecule has 2 rings (SSSR count). The largest absolute Gasteiger partial charge is 0.484 e. The van der Waals surface area contributed by atoms with Crippen LogP contribution in [0.25, 0.3) is 0 Å². The molecule has 124 valence electrons. The van der Waals surface area contributed by atoms with Crippen LogP contribution in [0.1, 0.15) is 36.8 Å². The lowest BCUT2D eigenvalue weighted by molar-refractivity contribution is -0.124. The number of carbonyl (C=O) groups is 1. The summed E-state index contributed by atoms with van der Waals surface area (Å²) in [5, 5.41) is 3.08. The number of rotatable bonds is 5. The first kappa shape index (κ1) is 18.8. The fraction of sp³-hybridized carbons (Fsp3) is 0.588. The van der Waals surface area contributed by atoms with Crippen molar-refractivity contribution in [2.45, 2.75) is 45.6 Å². The Morgan fingerprint density at radius 1 is 1.32 bits per heavy atom. The van der Waals surface area contributed by atoms with Crippen molar-refractivity contribution in [1.29, 1.82) is 0 Å². The van der Waals surface area contributed by atoms with E-state index in [0.29, 0.717) is 12.5 Å². The number of halogens is 1. The summed E-state index contributed by atoms with van der Waals surface area (Å²) in [5.41, 5.74) is 8.03. The van der Waals surface area contributed by atoms with E-state index in [2.05, 4.69) is 11.4 Å². The average Bonchev–Trinajstić information content (AvgIpc) is 2.47. The summed E-state index contributed by atoms with van der Waals surface area (Å²) in [4.78, 5) is 12.0. The highest BCUT2D eigenvalue weighted by Gasteiger charge is 2.25. The Morgan fingerprint density at radius 3 is 2.73 bits per heavy atom. The van der Waals surface area contributed by atoms with Crippen LogP contribution in [0.5, 0.6) is 5.75 Å². The molecule has 1 fully saturated rings. The summed E-state index contributed by atoms with van der Waals surface area (Å²) >= 11 is 0. The molecule has 1 aromatic carbocycles. The second kappa shape index (κ2) is 9.01. The van der Waals surface area contributed by atoms with Crippen molar-refractivity contribution in [3.63, 3.8) is 0 Å². The van der Waals surface area contributed by atoms with Crippen molar-refractivity contribution in [2.24, 2.45) is 11.7 Å². The predicted molar refractivity (Wildman–Crippen MR) is 91.6 cm³/mol. The number of nitrogens with two attached hydrogens (primary N) is 1. The Balaban J connectivity index is 0.00000242. The summed E-state index contributed by atoms with van der Waals surface area (Å²) in [6.45, 7) is 4.74. The molecule has 1 saturated carbocycles. The van der Waals surface area contributed by atoms with Crippen LogP contribution in [0.2, 0.25) is 0 Å². The van der Waals surface area contributed by atoms with E-state index in [-0.39, 0.29) is 31.0 Å². The van der Waals surface area contributed by atoms with Crippen LogP contribution in [0.3, 0.4) is 0 Å². The maximum Gasteiger partial charge on any atom is 0.258 e. The van der Waals surface area contributed by atoms with Crippen molar-refractivity contribution >= 4 is 18.3 Å². The second-order valence-corrected chi connectivity index (χ2v) is 6.01. The zero-order valence-corrected chi connectivity index (χ0v) is 14.2. The van der Waals surface area contributed by atoms with Crippen LogP contribution in [-0.4, -0.2) is 25.1 Å². The topological polar surface area (TPSA) is 64.3 Å². The van der Waals surface area contributed by atoms with E-state index >= 15 is 0 Å². The summed E-state index contributed by atoms with van der Waals surface area (Å²) in [5.74, 6) is 1.12. The molecule has 4 nitrogen and oxygen atoms in total. The monoisotopic (exact) mass is 326 g/mol. The maximum atomic E-state index is 12.0. The van der Waals surface area contributed by atoms with E-state index in [1.165, 1.54) is 18.4 Å². The molecule has 0 bridgehead atoms. The molecule has 0 heterocycles. The first-order chi connectivity index (χ1) is 10.1. The maximum absolute atomic E-state index is 12.0. The lowest BCUT2D eigenvalue weighted by atomic mass is 9.84. The van der Waals surface area contributed by atoms with Gasteiger partial charge in [-0.2, -0.15) is 0 Å². The van der Waals surface area contributed by atoms with Gasteiger partial charge in [0.05, 0.1) is 0 Å². The molecule has 1 amide bonds. The van der Waals surface area contributed by atoms with Crippen LogP contribution in [0.15, 0.2) is 18.2 Å². The molecule has 2 atom stereocenters. The van der Waals surface area contributed by atoms with Gasteiger partial charge in [-0.25, -0.2) is 0 Å². The number of aryl methyl sites for hydroxylation is 2. The van der Waals surface area contributed by atoms with Crippen molar-refractivity contribution in [3.05, 3.63) is 29.3 Å². The molecular formula is C17H27ClN2O2. The number of hydrogen-bond acceptors (Lipinski definition) is 3. The van der Waals surface area contributed by atoms with Crippen molar-refractivity contribution < 1.29 is 9.53 Å². The molecular weight excluding hydrogens is 300 g/mol. The summed E-state index contributed by atoms with van der Waals surface area (Å²) in [7, 11) is 0. The Kier molecular flexibility index (Phi) is 7.69. The Labute approximate surface area is 139 Å². The SMILES string of the molecule is Cc1ccc(OCC(=O)NC2CCCCC2CN)c(C)c1.Cl. The summed E-state index contributed by atoms with van der Waals surface area (Å²) in [6.07, 6.45) is 4.52. The van der Waals surface area contributed by atoms with Crippen LogP contribution in [-0.2, 0) is 4.79 Å². The molecule has 0 spiro atoms. The van der Waals surface area contributed by atoms with E-state index in [1.54, 1.807) is 0 Å². The number of benzene rings is 1. The first-order valence-electron chi connectivity index (χ1n) is 7.79. The summed E-state index contributed by atoms with van der Waals surface area (Å²) < 4.78 is 5.62. The van der Waals surface area contributed by atoms with Gasteiger partial charge >= 0.3 is 0 Å². The van der Waals surface area contributed by atoms with E-state index in [1.807, 2.05) is 26.0 Å².